The van der Waals surface area contributed by atoms with Gasteiger partial charge in [-0.2, -0.15) is 0 Å². The van der Waals surface area contributed by atoms with Gasteiger partial charge in [0.15, 0.2) is 0 Å². The molecule has 142 valence electrons. The van der Waals surface area contributed by atoms with E-state index in [4.69, 9.17) is 4.42 Å². The molecule has 0 unspecified atom stereocenters. The number of allylic oxidation sites excluding steroid dienone is 1. The third kappa shape index (κ3) is 2.71. The molecule has 6 rings (SSSR count). The predicted molar refractivity (Wildman–Crippen MR) is 125 cm³/mol. The van der Waals surface area contributed by atoms with Crippen LogP contribution >= 0.6 is 0 Å². The molecule has 1 aliphatic rings. The van der Waals surface area contributed by atoms with E-state index in [0.29, 0.717) is 0 Å². The Morgan fingerprint density at radius 2 is 1.37 bits per heavy atom. The molecule has 1 heteroatoms. The minimum absolute atomic E-state index is 0.877. The van der Waals surface area contributed by atoms with Crippen molar-refractivity contribution >= 4 is 22.4 Å². The molecule has 0 amide bonds. The van der Waals surface area contributed by atoms with Crippen molar-refractivity contribution in [2.75, 3.05) is 0 Å². The Bertz CT molecular complexity index is 1400. The van der Waals surface area contributed by atoms with Gasteiger partial charge in [0.2, 0.25) is 0 Å². The smallest absolute Gasteiger partial charge is 0.137 e. The lowest BCUT2D eigenvalue weighted by Crippen LogP contribution is -1.92. The molecule has 1 heterocycles. The van der Waals surface area contributed by atoms with E-state index in [1.807, 2.05) is 6.07 Å². The van der Waals surface area contributed by atoms with Crippen molar-refractivity contribution < 1.29 is 4.42 Å². The highest BCUT2D eigenvalue weighted by Crippen LogP contribution is 2.42. The molecule has 0 atom stereocenters. The highest BCUT2D eigenvalue weighted by Gasteiger charge is 2.22. The zero-order valence-corrected chi connectivity index (χ0v) is 16.5. The molecular weight excluding hydrogens is 364 g/mol. The first-order valence-electron chi connectivity index (χ1n) is 10.3. The van der Waals surface area contributed by atoms with E-state index in [1.54, 1.807) is 6.26 Å². The van der Waals surface area contributed by atoms with Crippen LogP contribution in [0.25, 0.3) is 44.7 Å². The fraction of sp³-hybridized carbons (Fsp3) is 0.0345. The Balaban J connectivity index is 1.45. The summed E-state index contributed by atoms with van der Waals surface area (Å²) in [5.41, 5.74) is 8.84. The number of furan rings is 1. The molecule has 0 saturated heterocycles. The van der Waals surface area contributed by atoms with Crippen molar-refractivity contribution in [2.45, 2.75) is 6.42 Å². The lowest BCUT2D eigenvalue weighted by Gasteiger charge is -2.12. The number of rotatable bonds is 3. The van der Waals surface area contributed by atoms with Crippen LogP contribution in [0, 0.1) is 0 Å². The highest BCUT2D eigenvalue weighted by atomic mass is 16.3. The normalized spacial score (nSPS) is 12.7. The summed E-state index contributed by atoms with van der Waals surface area (Å²) in [7, 11) is 0. The molecule has 4 aromatic carbocycles. The molecule has 0 radical (unpaired) electrons. The fourth-order valence-corrected chi connectivity index (χ4v) is 4.63. The van der Waals surface area contributed by atoms with E-state index in [1.165, 1.54) is 44.2 Å². The van der Waals surface area contributed by atoms with Crippen LogP contribution in [-0.4, -0.2) is 0 Å². The van der Waals surface area contributed by atoms with Crippen molar-refractivity contribution in [3.8, 4) is 22.3 Å². The van der Waals surface area contributed by atoms with Gasteiger partial charge in [0.1, 0.15) is 5.76 Å². The number of benzene rings is 4. The zero-order valence-electron chi connectivity index (χ0n) is 16.5. The van der Waals surface area contributed by atoms with Gasteiger partial charge in [0.05, 0.1) is 6.26 Å². The lowest BCUT2D eigenvalue weighted by atomic mass is 9.92. The summed E-state index contributed by atoms with van der Waals surface area (Å²) in [5, 5.41) is 2.57. The average molecular weight is 384 g/mol. The average Bonchev–Trinajstić information content (AvgIpc) is 3.46. The largest absolute Gasteiger partial charge is 0.464 e. The van der Waals surface area contributed by atoms with E-state index in [9.17, 15) is 0 Å². The van der Waals surface area contributed by atoms with Crippen LogP contribution < -0.4 is 0 Å². The topological polar surface area (TPSA) is 13.1 Å². The van der Waals surface area contributed by atoms with Crippen LogP contribution in [0.4, 0.5) is 0 Å². The molecule has 5 aromatic rings. The summed E-state index contributed by atoms with van der Waals surface area (Å²) in [6.45, 7) is 0. The Hall–Kier alpha value is -3.84. The Morgan fingerprint density at radius 3 is 2.30 bits per heavy atom. The number of hydrogen-bond donors (Lipinski definition) is 0. The lowest BCUT2D eigenvalue weighted by molar-refractivity contribution is 0.553. The summed E-state index contributed by atoms with van der Waals surface area (Å²) < 4.78 is 5.98. The van der Waals surface area contributed by atoms with Gasteiger partial charge in [0.25, 0.3) is 0 Å². The van der Waals surface area contributed by atoms with Gasteiger partial charge in [-0.15, -0.1) is 0 Å². The summed E-state index contributed by atoms with van der Waals surface area (Å²) >= 11 is 0. The van der Waals surface area contributed by atoms with E-state index < -0.39 is 0 Å². The SMILES string of the molecule is C1=C(c2occc2-c2ccccc2)Cc2c1cccc2-c1cccc2ccccc12. The Morgan fingerprint density at radius 1 is 0.600 bits per heavy atom. The molecule has 0 bridgehead atoms. The first-order valence-corrected chi connectivity index (χ1v) is 10.3. The molecule has 0 fully saturated rings. The van der Waals surface area contributed by atoms with E-state index in [0.717, 1.165) is 17.7 Å². The molecule has 0 aliphatic heterocycles. The minimum Gasteiger partial charge on any atom is -0.464 e. The van der Waals surface area contributed by atoms with Gasteiger partial charge in [-0.3, -0.25) is 0 Å². The molecule has 0 saturated carbocycles. The van der Waals surface area contributed by atoms with Crippen LogP contribution in [0.15, 0.2) is 108 Å². The second kappa shape index (κ2) is 6.89. The number of hydrogen-bond acceptors (Lipinski definition) is 1. The van der Waals surface area contributed by atoms with Crippen molar-refractivity contribution in [1.29, 1.82) is 0 Å². The standard InChI is InChI=1S/C29H20O/c1-2-8-21(9-3-1)25-16-17-30-29(25)23-18-22-12-7-15-27(28(22)19-23)26-14-6-11-20-10-4-5-13-24(20)26/h1-18H,19H2. The van der Waals surface area contributed by atoms with Gasteiger partial charge in [-0.25, -0.2) is 0 Å². The molecule has 1 nitrogen and oxygen atoms in total. The molecule has 0 spiro atoms. The van der Waals surface area contributed by atoms with Gasteiger partial charge in [0, 0.05) is 17.6 Å². The molecular formula is C29H20O. The maximum atomic E-state index is 5.98. The first kappa shape index (κ1) is 17.1. The van der Waals surface area contributed by atoms with Crippen molar-refractivity contribution in [3.05, 3.63) is 120 Å². The molecule has 0 N–H and O–H groups in total. The van der Waals surface area contributed by atoms with Gasteiger partial charge in [-0.05, 0) is 50.7 Å². The molecule has 1 aliphatic carbocycles. The first-order chi connectivity index (χ1) is 14.9. The van der Waals surface area contributed by atoms with Crippen molar-refractivity contribution in [3.63, 3.8) is 0 Å². The minimum atomic E-state index is 0.877. The Labute approximate surface area is 175 Å². The fourth-order valence-electron chi connectivity index (χ4n) is 4.63. The van der Waals surface area contributed by atoms with Crippen LogP contribution in [0.3, 0.4) is 0 Å². The van der Waals surface area contributed by atoms with E-state index in [-0.39, 0.29) is 0 Å². The van der Waals surface area contributed by atoms with Crippen LogP contribution in [0.2, 0.25) is 0 Å². The quantitative estimate of drug-likeness (QED) is 0.308. The van der Waals surface area contributed by atoms with Crippen molar-refractivity contribution in [2.24, 2.45) is 0 Å². The molecule has 1 aromatic heterocycles. The van der Waals surface area contributed by atoms with Crippen molar-refractivity contribution in [1.82, 2.24) is 0 Å². The van der Waals surface area contributed by atoms with Gasteiger partial charge >= 0.3 is 0 Å². The zero-order chi connectivity index (χ0) is 19.9. The number of fused-ring (bicyclic) bond motifs is 2. The Kier molecular flexibility index (Phi) is 3.92. The monoisotopic (exact) mass is 384 g/mol. The molecule has 30 heavy (non-hydrogen) atoms. The van der Waals surface area contributed by atoms with Crippen LogP contribution in [0.5, 0.6) is 0 Å². The van der Waals surface area contributed by atoms with Crippen LogP contribution in [-0.2, 0) is 6.42 Å². The maximum absolute atomic E-state index is 5.98. The summed E-state index contributed by atoms with van der Waals surface area (Å²) in [6.07, 6.45) is 4.96. The van der Waals surface area contributed by atoms with E-state index >= 15 is 0 Å². The highest BCUT2D eigenvalue weighted by molar-refractivity contribution is 6.00. The summed E-state index contributed by atoms with van der Waals surface area (Å²) in [5.74, 6) is 0.973. The van der Waals surface area contributed by atoms with E-state index in [2.05, 4.69) is 97.1 Å². The third-order valence-corrected chi connectivity index (χ3v) is 6.03. The maximum Gasteiger partial charge on any atom is 0.137 e. The third-order valence-electron chi connectivity index (χ3n) is 6.03. The van der Waals surface area contributed by atoms with Gasteiger partial charge < -0.3 is 4.42 Å². The summed E-state index contributed by atoms with van der Waals surface area (Å²) in [4.78, 5) is 0. The second-order valence-electron chi connectivity index (χ2n) is 7.78. The summed E-state index contributed by atoms with van der Waals surface area (Å²) in [6, 6.07) is 34.3. The van der Waals surface area contributed by atoms with Gasteiger partial charge in [-0.1, -0.05) is 91.0 Å². The second-order valence-corrected chi connectivity index (χ2v) is 7.78. The predicted octanol–water partition coefficient (Wildman–Crippen LogP) is 7.86. The van der Waals surface area contributed by atoms with Crippen LogP contribution in [0.1, 0.15) is 16.9 Å².